The van der Waals surface area contributed by atoms with Crippen molar-refractivity contribution in [2.45, 2.75) is 19.3 Å². The van der Waals surface area contributed by atoms with Crippen LogP contribution >= 0.6 is 0 Å². The third kappa shape index (κ3) is 3.26. The SMILES string of the molecule is CN(C)C(=O)c1cccc(Nc2c(O)[nH]c(O)c2NC2=CCCC2)c1O. The number of phenols is 1. The summed E-state index contributed by atoms with van der Waals surface area (Å²) in [5, 5.41) is 36.6. The van der Waals surface area contributed by atoms with E-state index in [0.29, 0.717) is 0 Å². The highest BCUT2D eigenvalue weighted by Crippen LogP contribution is 2.44. The predicted octanol–water partition coefficient (Wildman–Crippen LogP) is 3.06. The highest BCUT2D eigenvalue weighted by atomic mass is 16.3. The Hall–Kier alpha value is -3.29. The van der Waals surface area contributed by atoms with Gasteiger partial charge in [0.15, 0.2) is 5.75 Å². The van der Waals surface area contributed by atoms with Crippen LogP contribution in [0.25, 0.3) is 0 Å². The number of amides is 1. The monoisotopic (exact) mass is 358 g/mol. The average molecular weight is 358 g/mol. The lowest BCUT2D eigenvalue weighted by molar-refractivity contribution is 0.0824. The molecule has 1 aliphatic rings. The Morgan fingerprint density at radius 2 is 1.81 bits per heavy atom. The minimum atomic E-state index is -0.346. The fourth-order valence-electron chi connectivity index (χ4n) is 2.85. The number of rotatable bonds is 5. The van der Waals surface area contributed by atoms with Gasteiger partial charge in [0.2, 0.25) is 11.8 Å². The number of carbonyl (C=O) groups excluding carboxylic acids is 1. The maximum Gasteiger partial charge on any atom is 0.257 e. The van der Waals surface area contributed by atoms with Gasteiger partial charge in [-0.25, -0.2) is 0 Å². The molecular weight excluding hydrogens is 336 g/mol. The molecule has 1 aromatic heterocycles. The van der Waals surface area contributed by atoms with Crippen LogP contribution in [-0.2, 0) is 0 Å². The van der Waals surface area contributed by atoms with E-state index in [1.54, 1.807) is 26.2 Å². The molecule has 1 heterocycles. The Labute approximate surface area is 150 Å². The molecule has 0 fully saturated rings. The standard InChI is InChI=1S/C18H22N4O4/c1-22(2)18(26)11-8-5-9-12(15(11)23)20-14-13(16(24)21-17(14)25)19-10-6-3-4-7-10/h5-6,8-9,19-21,23-25H,3-4,7H2,1-2H3. The molecule has 8 heteroatoms. The summed E-state index contributed by atoms with van der Waals surface area (Å²) in [6.45, 7) is 0. The van der Waals surface area contributed by atoms with E-state index >= 15 is 0 Å². The molecule has 0 saturated heterocycles. The molecule has 0 saturated carbocycles. The highest BCUT2D eigenvalue weighted by molar-refractivity contribution is 5.99. The summed E-state index contributed by atoms with van der Waals surface area (Å²) in [6.07, 6.45) is 4.86. The molecule has 0 radical (unpaired) electrons. The van der Waals surface area contributed by atoms with Crippen LogP contribution in [0.5, 0.6) is 17.5 Å². The Morgan fingerprint density at radius 1 is 1.12 bits per heavy atom. The molecule has 0 unspecified atom stereocenters. The lowest BCUT2D eigenvalue weighted by Gasteiger charge is -2.15. The maximum absolute atomic E-state index is 12.2. The number of H-pyrrole nitrogens is 1. The van der Waals surface area contributed by atoms with E-state index < -0.39 is 0 Å². The van der Waals surface area contributed by atoms with Gasteiger partial charge in [-0.15, -0.1) is 0 Å². The van der Waals surface area contributed by atoms with Crippen LogP contribution in [0, 0.1) is 0 Å². The first kappa shape index (κ1) is 17.5. The van der Waals surface area contributed by atoms with Crippen LogP contribution in [-0.4, -0.2) is 45.2 Å². The van der Waals surface area contributed by atoms with Crippen molar-refractivity contribution in [3.05, 3.63) is 35.5 Å². The first-order valence-corrected chi connectivity index (χ1v) is 8.29. The third-order valence-corrected chi connectivity index (χ3v) is 4.22. The molecule has 26 heavy (non-hydrogen) atoms. The Morgan fingerprint density at radius 3 is 2.42 bits per heavy atom. The van der Waals surface area contributed by atoms with Gasteiger partial charge in [0.25, 0.3) is 5.91 Å². The Bertz CT molecular complexity index is 870. The largest absolute Gasteiger partial charge is 0.505 e. The van der Waals surface area contributed by atoms with Crippen molar-refractivity contribution >= 4 is 23.0 Å². The predicted molar refractivity (Wildman–Crippen MR) is 99.1 cm³/mol. The van der Waals surface area contributed by atoms with Gasteiger partial charge >= 0.3 is 0 Å². The molecule has 0 spiro atoms. The van der Waals surface area contributed by atoms with Gasteiger partial charge in [-0.3, -0.25) is 9.78 Å². The lowest BCUT2D eigenvalue weighted by Crippen LogP contribution is -2.21. The zero-order valence-electron chi connectivity index (χ0n) is 14.6. The summed E-state index contributed by atoms with van der Waals surface area (Å²) < 4.78 is 0. The van der Waals surface area contributed by atoms with E-state index in [4.69, 9.17) is 0 Å². The molecular formula is C18H22N4O4. The number of benzene rings is 1. The second-order valence-electron chi connectivity index (χ2n) is 6.35. The van der Waals surface area contributed by atoms with E-state index in [2.05, 4.69) is 15.6 Å². The summed E-state index contributed by atoms with van der Waals surface area (Å²) in [6, 6.07) is 4.71. The lowest BCUT2D eigenvalue weighted by atomic mass is 10.1. The maximum atomic E-state index is 12.2. The zero-order valence-corrected chi connectivity index (χ0v) is 14.6. The van der Waals surface area contributed by atoms with Crippen molar-refractivity contribution in [3.63, 3.8) is 0 Å². The minimum absolute atomic E-state index is 0.132. The Balaban J connectivity index is 1.94. The molecule has 1 aromatic carbocycles. The van der Waals surface area contributed by atoms with E-state index in [0.717, 1.165) is 25.0 Å². The summed E-state index contributed by atoms with van der Waals surface area (Å²) in [7, 11) is 3.19. The van der Waals surface area contributed by atoms with Crippen LogP contribution in [0.4, 0.5) is 17.1 Å². The number of aromatic amines is 1. The van der Waals surface area contributed by atoms with Gasteiger partial charge in [0, 0.05) is 19.8 Å². The summed E-state index contributed by atoms with van der Waals surface area (Å²) in [4.78, 5) is 16.0. The molecule has 3 rings (SSSR count). The van der Waals surface area contributed by atoms with Crippen LogP contribution in [0.1, 0.15) is 29.6 Å². The van der Waals surface area contributed by atoms with Gasteiger partial charge in [0.1, 0.15) is 11.4 Å². The highest BCUT2D eigenvalue weighted by Gasteiger charge is 2.22. The van der Waals surface area contributed by atoms with Gasteiger partial charge in [0.05, 0.1) is 11.3 Å². The molecule has 6 N–H and O–H groups in total. The second kappa shape index (κ2) is 6.91. The number of carbonyl (C=O) groups is 1. The van der Waals surface area contributed by atoms with Crippen molar-refractivity contribution in [2.75, 3.05) is 24.7 Å². The Kier molecular flexibility index (Phi) is 4.66. The molecule has 0 atom stereocenters. The molecule has 138 valence electrons. The van der Waals surface area contributed by atoms with Gasteiger partial charge in [-0.2, -0.15) is 0 Å². The number of hydrogen-bond donors (Lipinski definition) is 6. The number of nitrogens with zero attached hydrogens (tertiary/aromatic N) is 1. The molecule has 1 amide bonds. The fourth-order valence-corrected chi connectivity index (χ4v) is 2.85. The number of phenolic OH excluding ortho intramolecular Hbond substituents is 1. The quantitative estimate of drug-likeness (QED) is 0.457. The van der Waals surface area contributed by atoms with Gasteiger partial charge in [-0.05, 0) is 31.4 Å². The van der Waals surface area contributed by atoms with Crippen molar-refractivity contribution < 1.29 is 20.1 Å². The number of para-hydroxylation sites is 1. The average Bonchev–Trinajstić information content (AvgIpc) is 3.19. The third-order valence-electron chi connectivity index (χ3n) is 4.22. The van der Waals surface area contributed by atoms with Crippen LogP contribution in [0.3, 0.4) is 0 Å². The van der Waals surface area contributed by atoms with Gasteiger partial charge in [-0.1, -0.05) is 12.1 Å². The van der Waals surface area contributed by atoms with Crippen LogP contribution < -0.4 is 10.6 Å². The van der Waals surface area contributed by atoms with Crippen LogP contribution in [0.2, 0.25) is 0 Å². The first-order valence-electron chi connectivity index (χ1n) is 8.29. The number of allylic oxidation sites excluding steroid dienone is 2. The minimum Gasteiger partial charge on any atom is -0.505 e. The molecule has 0 bridgehead atoms. The zero-order chi connectivity index (χ0) is 18.8. The van der Waals surface area contributed by atoms with E-state index in [1.807, 2.05) is 6.08 Å². The fraction of sp³-hybridized carbons (Fsp3) is 0.278. The number of nitrogens with one attached hydrogen (secondary N) is 3. The number of anilines is 3. The van der Waals surface area contributed by atoms with Crippen molar-refractivity contribution in [1.29, 1.82) is 0 Å². The van der Waals surface area contributed by atoms with Crippen molar-refractivity contribution in [2.24, 2.45) is 0 Å². The molecule has 1 aliphatic carbocycles. The van der Waals surface area contributed by atoms with E-state index in [1.165, 1.54) is 11.0 Å². The number of hydrogen-bond acceptors (Lipinski definition) is 6. The van der Waals surface area contributed by atoms with E-state index in [-0.39, 0.29) is 46.0 Å². The molecule has 2 aromatic rings. The smallest absolute Gasteiger partial charge is 0.257 e. The first-order chi connectivity index (χ1) is 12.4. The summed E-state index contributed by atoms with van der Waals surface area (Å²) in [5.74, 6) is -1.09. The van der Waals surface area contributed by atoms with Crippen molar-refractivity contribution in [3.8, 4) is 17.5 Å². The van der Waals surface area contributed by atoms with Gasteiger partial charge < -0.3 is 30.9 Å². The number of aromatic hydroxyl groups is 3. The van der Waals surface area contributed by atoms with Crippen LogP contribution in [0.15, 0.2) is 30.0 Å². The summed E-state index contributed by atoms with van der Waals surface area (Å²) >= 11 is 0. The topological polar surface area (TPSA) is 121 Å². The van der Waals surface area contributed by atoms with Crippen molar-refractivity contribution in [1.82, 2.24) is 9.88 Å². The van der Waals surface area contributed by atoms with E-state index in [9.17, 15) is 20.1 Å². The molecule has 0 aliphatic heterocycles. The molecule has 8 nitrogen and oxygen atoms in total. The normalized spacial score (nSPS) is 13.4. The number of aromatic nitrogens is 1. The summed E-state index contributed by atoms with van der Waals surface area (Å²) in [5.41, 5.74) is 1.77. The second-order valence-corrected chi connectivity index (χ2v) is 6.35.